The second kappa shape index (κ2) is 5.49. The van der Waals surface area contributed by atoms with Crippen molar-refractivity contribution in [1.82, 2.24) is 15.0 Å². The molecule has 5 N–H and O–H groups in total. The Hall–Kier alpha value is -2.41. The Morgan fingerprint density at radius 2 is 2.00 bits per heavy atom. The van der Waals surface area contributed by atoms with Crippen molar-refractivity contribution in [2.45, 2.75) is 13.0 Å². The van der Waals surface area contributed by atoms with E-state index in [2.05, 4.69) is 10.3 Å². The number of aryl methyl sites for hydroxylation is 1. The Balaban J connectivity index is 2.47. The summed E-state index contributed by atoms with van der Waals surface area (Å²) in [5.41, 5.74) is 12.8. The van der Waals surface area contributed by atoms with Crippen LogP contribution in [0.2, 0.25) is 0 Å². The molecule has 2 rings (SSSR count). The maximum absolute atomic E-state index is 11.2. The summed E-state index contributed by atoms with van der Waals surface area (Å²) in [6.07, 6.45) is 0.699. The van der Waals surface area contributed by atoms with Gasteiger partial charge in [0.1, 0.15) is 5.69 Å². The van der Waals surface area contributed by atoms with Crippen LogP contribution < -0.4 is 11.5 Å². The largest absolute Gasteiger partial charge is 0.476 e. The predicted molar refractivity (Wildman–Crippen MR) is 70.5 cm³/mol. The normalized spacial score (nSPS) is 10.6. The number of hydrogen-bond acceptors (Lipinski definition) is 5. The minimum atomic E-state index is -1.11. The van der Waals surface area contributed by atoms with Gasteiger partial charge >= 0.3 is 5.97 Å². The van der Waals surface area contributed by atoms with E-state index in [-0.39, 0.29) is 5.69 Å². The second-order valence-corrected chi connectivity index (χ2v) is 4.08. The van der Waals surface area contributed by atoms with Crippen molar-refractivity contribution in [2.75, 3.05) is 12.3 Å². The maximum atomic E-state index is 11.2. The molecule has 0 radical (unpaired) electrons. The third-order valence-corrected chi connectivity index (χ3v) is 2.70. The molecule has 0 saturated carbocycles. The van der Waals surface area contributed by atoms with Gasteiger partial charge in [0.2, 0.25) is 0 Å². The molecule has 0 unspecified atom stereocenters. The third-order valence-electron chi connectivity index (χ3n) is 2.70. The maximum Gasteiger partial charge on any atom is 0.358 e. The lowest BCUT2D eigenvalue weighted by Gasteiger charge is -2.06. The van der Waals surface area contributed by atoms with Gasteiger partial charge in [-0.25, -0.2) is 9.48 Å². The Kier molecular flexibility index (Phi) is 3.76. The van der Waals surface area contributed by atoms with Gasteiger partial charge in [-0.05, 0) is 25.1 Å². The number of aromatic nitrogens is 3. The number of benzene rings is 1. The van der Waals surface area contributed by atoms with Crippen LogP contribution in [0.4, 0.5) is 5.69 Å². The van der Waals surface area contributed by atoms with Crippen LogP contribution in [0.25, 0.3) is 11.3 Å². The van der Waals surface area contributed by atoms with Gasteiger partial charge in [0.05, 0.1) is 0 Å². The predicted octanol–water partition coefficient (Wildman–Crippen LogP) is 0.574. The number of rotatable bonds is 5. The van der Waals surface area contributed by atoms with E-state index in [4.69, 9.17) is 16.6 Å². The van der Waals surface area contributed by atoms with Crippen LogP contribution in [0.1, 0.15) is 16.9 Å². The number of nitrogens with zero attached hydrogens (tertiary/aromatic N) is 3. The van der Waals surface area contributed by atoms with Gasteiger partial charge in [0.15, 0.2) is 5.69 Å². The zero-order valence-corrected chi connectivity index (χ0v) is 10.3. The number of carboxylic acid groups (broad SMARTS) is 1. The molecule has 0 spiro atoms. The molecule has 1 aromatic carbocycles. The minimum absolute atomic E-state index is 0.0678. The molecule has 2 aromatic rings. The molecule has 0 saturated heterocycles. The fourth-order valence-electron chi connectivity index (χ4n) is 1.78. The first-order chi connectivity index (χ1) is 9.13. The lowest BCUT2D eigenvalue weighted by atomic mass is 10.1. The van der Waals surface area contributed by atoms with Crippen LogP contribution in [0.3, 0.4) is 0 Å². The molecule has 1 heterocycles. The molecule has 7 nitrogen and oxygen atoms in total. The summed E-state index contributed by atoms with van der Waals surface area (Å²) in [5.74, 6) is -1.11. The Morgan fingerprint density at radius 3 is 2.58 bits per heavy atom. The summed E-state index contributed by atoms with van der Waals surface area (Å²) in [7, 11) is 0. The van der Waals surface area contributed by atoms with Crippen LogP contribution >= 0.6 is 0 Å². The van der Waals surface area contributed by atoms with Gasteiger partial charge in [-0.1, -0.05) is 17.3 Å². The summed E-state index contributed by atoms with van der Waals surface area (Å²) >= 11 is 0. The van der Waals surface area contributed by atoms with Gasteiger partial charge in [-0.15, -0.1) is 5.10 Å². The highest BCUT2D eigenvalue weighted by Gasteiger charge is 2.20. The Bertz CT molecular complexity index is 576. The molecule has 0 aliphatic rings. The average Bonchev–Trinajstić information content (AvgIpc) is 2.81. The molecule has 100 valence electrons. The summed E-state index contributed by atoms with van der Waals surface area (Å²) in [6, 6.07) is 6.92. The van der Waals surface area contributed by atoms with Gasteiger partial charge in [0, 0.05) is 17.8 Å². The number of nitrogen functional groups attached to an aromatic ring is 1. The number of nitrogens with two attached hydrogens (primary N) is 2. The molecule has 0 aliphatic heterocycles. The molecule has 0 fully saturated rings. The van der Waals surface area contributed by atoms with Crippen LogP contribution in [-0.4, -0.2) is 32.6 Å². The number of carbonyl (C=O) groups is 1. The van der Waals surface area contributed by atoms with Crippen LogP contribution in [0.5, 0.6) is 0 Å². The molecule has 7 heteroatoms. The monoisotopic (exact) mass is 261 g/mol. The lowest BCUT2D eigenvalue weighted by Crippen LogP contribution is -2.09. The highest BCUT2D eigenvalue weighted by molar-refractivity contribution is 5.92. The number of hydrogen-bond donors (Lipinski definition) is 3. The summed E-state index contributed by atoms with van der Waals surface area (Å²) in [5, 5.41) is 16.7. The lowest BCUT2D eigenvalue weighted by molar-refractivity contribution is 0.0691. The topological polar surface area (TPSA) is 120 Å². The fraction of sp³-hybridized carbons (Fsp3) is 0.250. The molecule has 1 aromatic heterocycles. The first kappa shape index (κ1) is 13.0. The van der Waals surface area contributed by atoms with Crippen molar-refractivity contribution >= 4 is 11.7 Å². The number of anilines is 1. The number of aromatic carboxylic acids is 1. The van der Waals surface area contributed by atoms with Crippen LogP contribution in [0.15, 0.2) is 24.3 Å². The van der Waals surface area contributed by atoms with Crippen molar-refractivity contribution < 1.29 is 9.90 Å². The Labute approximate surface area is 109 Å². The average molecular weight is 261 g/mol. The first-order valence-electron chi connectivity index (χ1n) is 5.86. The molecular formula is C12H15N5O2. The van der Waals surface area contributed by atoms with Crippen LogP contribution in [-0.2, 0) is 6.54 Å². The smallest absolute Gasteiger partial charge is 0.358 e. The van der Waals surface area contributed by atoms with Gasteiger partial charge < -0.3 is 16.6 Å². The van der Waals surface area contributed by atoms with Gasteiger partial charge in [0.25, 0.3) is 0 Å². The molecular weight excluding hydrogens is 246 g/mol. The molecule has 19 heavy (non-hydrogen) atoms. The van der Waals surface area contributed by atoms with Gasteiger partial charge in [-0.2, -0.15) is 0 Å². The minimum Gasteiger partial charge on any atom is -0.476 e. The molecule has 0 bridgehead atoms. The standard InChI is InChI=1S/C12H15N5O2/c13-6-1-7-17-11(10(12(18)19)15-16-17)8-2-4-9(14)5-3-8/h2-5H,1,6-7,13-14H2,(H,18,19). The quantitative estimate of drug-likeness (QED) is 0.677. The zero-order chi connectivity index (χ0) is 13.8. The number of carboxylic acids is 1. The molecule has 0 atom stereocenters. The van der Waals surface area contributed by atoms with Crippen molar-refractivity contribution in [3.05, 3.63) is 30.0 Å². The van der Waals surface area contributed by atoms with Crippen molar-refractivity contribution in [3.8, 4) is 11.3 Å². The highest BCUT2D eigenvalue weighted by atomic mass is 16.4. The Morgan fingerprint density at radius 1 is 1.32 bits per heavy atom. The summed E-state index contributed by atoms with van der Waals surface area (Å²) in [4.78, 5) is 11.2. The summed E-state index contributed by atoms with van der Waals surface area (Å²) in [6.45, 7) is 1.03. The van der Waals surface area contributed by atoms with E-state index in [1.807, 2.05) is 0 Å². The van der Waals surface area contributed by atoms with E-state index in [1.54, 1.807) is 28.9 Å². The van der Waals surface area contributed by atoms with E-state index in [1.165, 1.54) is 0 Å². The molecule has 0 amide bonds. The summed E-state index contributed by atoms with van der Waals surface area (Å²) < 4.78 is 1.56. The first-order valence-corrected chi connectivity index (χ1v) is 5.86. The fourth-order valence-corrected chi connectivity index (χ4v) is 1.78. The third kappa shape index (κ3) is 2.71. The highest BCUT2D eigenvalue weighted by Crippen LogP contribution is 2.23. The van der Waals surface area contributed by atoms with E-state index < -0.39 is 5.97 Å². The van der Waals surface area contributed by atoms with E-state index in [0.717, 1.165) is 0 Å². The zero-order valence-electron chi connectivity index (χ0n) is 10.3. The van der Waals surface area contributed by atoms with E-state index in [0.29, 0.717) is 36.5 Å². The second-order valence-electron chi connectivity index (χ2n) is 4.08. The van der Waals surface area contributed by atoms with E-state index >= 15 is 0 Å². The van der Waals surface area contributed by atoms with Crippen molar-refractivity contribution in [3.63, 3.8) is 0 Å². The van der Waals surface area contributed by atoms with Crippen molar-refractivity contribution in [1.29, 1.82) is 0 Å². The van der Waals surface area contributed by atoms with Crippen molar-refractivity contribution in [2.24, 2.45) is 5.73 Å². The van der Waals surface area contributed by atoms with E-state index in [9.17, 15) is 4.79 Å². The molecule has 0 aliphatic carbocycles. The van der Waals surface area contributed by atoms with Gasteiger partial charge in [-0.3, -0.25) is 0 Å². The van der Waals surface area contributed by atoms with Crippen LogP contribution in [0, 0.1) is 0 Å². The SMILES string of the molecule is NCCCn1nnc(C(=O)O)c1-c1ccc(N)cc1.